The maximum absolute atomic E-state index is 10.3. The number of carbonyl (C=O) groups excluding carboxylic acids is 2. The number of hydrogen-bond donors (Lipinski definition) is 0. The minimum Gasteiger partial charge on any atom is -0.460 e. The Hall–Kier alpha value is -1.03. The molecule has 0 saturated carbocycles. The highest BCUT2D eigenvalue weighted by molar-refractivity contribution is 6.29. The van der Waals surface area contributed by atoms with E-state index in [4.69, 9.17) is 11.6 Å². The first kappa shape index (κ1) is 11.0. The van der Waals surface area contributed by atoms with Crippen LogP contribution in [0.3, 0.4) is 0 Å². The molecule has 0 radical (unpaired) electrons. The van der Waals surface area contributed by atoms with E-state index in [9.17, 15) is 9.59 Å². The van der Waals surface area contributed by atoms with E-state index in [2.05, 4.69) is 9.47 Å². The summed E-state index contributed by atoms with van der Waals surface area (Å²) in [6.07, 6.45) is 1.03. The Bertz CT molecular complexity index is 209. The zero-order chi connectivity index (χ0) is 9.56. The minimum absolute atomic E-state index is 0.0792. The van der Waals surface area contributed by atoms with Gasteiger partial charge in [-0.05, 0) is 0 Å². The number of rotatable bonds is 3. The number of ether oxygens (including phenoxy) is 2. The van der Waals surface area contributed by atoms with Crippen LogP contribution in [-0.2, 0) is 19.1 Å². The van der Waals surface area contributed by atoms with Crippen molar-refractivity contribution in [3.05, 3.63) is 11.3 Å². The van der Waals surface area contributed by atoms with Gasteiger partial charge in [0.15, 0.2) is 0 Å². The topological polar surface area (TPSA) is 52.6 Å². The lowest BCUT2D eigenvalue weighted by Gasteiger charge is -1.99. The molecule has 0 aliphatic carbocycles. The van der Waals surface area contributed by atoms with Gasteiger partial charge in [-0.3, -0.25) is 9.59 Å². The van der Waals surface area contributed by atoms with Crippen LogP contribution >= 0.6 is 11.6 Å². The highest BCUT2D eigenvalue weighted by Gasteiger charge is 1.97. The van der Waals surface area contributed by atoms with Gasteiger partial charge >= 0.3 is 11.9 Å². The molecule has 5 heteroatoms. The van der Waals surface area contributed by atoms with Crippen molar-refractivity contribution in [2.24, 2.45) is 0 Å². The van der Waals surface area contributed by atoms with Gasteiger partial charge in [0.2, 0.25) is 0 Å². The summed E-state index contributed by atoms with van der Waals surface area (Å²) in [6, 6.07) is 0. The van der Waals surface area contributed by atoms with Crippen LogP contribution in [0.15, 0.2) is 11.3 Å². The van der Waals surface area contributed by atoms with Gasteiger partial charge in [0.05, 0.1) is 5.03 Å². The zero-order valence-corrected chi connectivity index (χ0v) is 7.55. The summed E-state index contributed by atoms with van der Waals surface area (Å²) in [5.74, 6) is -0.916. The van der Waals surface area contributed by atoms with Crippen LogP contribution in [0.2, 0.25) is 0 Å². The number of carbonyl (C=O) groups is 2. The van der Waals surface area contributed by atoms with E-state index >= 15 is 0 Å². The summed E-state index contributed by atoms with van der Waals surface area (Å²) >= 11 is 5.48. The van der Waals surface area contributed by atoms with Gasteiger partial charge in [0.25, 0.3) is 0 Å². The van der Waals surface area contributed by atoms with Crippen molar-refractivity contribution in [1.29, 1.82) is 0 Å². The average Bonchev–Trinajstić information content (AvgIpc) is 1.96. The molecule has 0 amide bonds. The second-order valence-electron chi connectivity index (χ2n) is 1.95. The van der Waals surface area contributed by atoms with Crippen LogP contribution in [0.4, 0.5) is 0 Å². The Morgan fingerprint density at radius 1 is 1.33 bits per heavy atom. The van der Waals surface area contributed by atoms with Crippen molar-refractivity contribution < 1.29 is 19.1 Å². The molecule has 68 valence electrons. The fraction of sp³-hybridized carbons (Fsp3) is 0.429. The first-order valence-electron chi connectivity index (χ1n) is 3.17. The van der Waals surface area contributed by atoms with Gasteiger partial charge in [-0.25, -0.2) is 0 Å². The highest BCUT2D eigenvalue weighted by Crippen LogP contribution is 2.02. The zero-order valence-electron chi connectivity index (χ0n) is 6.80. The molecular weight excluding hydrogens is 184 g/mol. The monoisotopic (exact) mass is 192 g/mol. The van der Waals surface area contributed by atoms with E-state index in [1.807, 2.05) is 0 Å². The number of hydrogen-bond acceptors (Lipinski definition) is 4. The quantitative estimate of drug-likeness (QED) is 0.498. The molecule has 4 nitrogen and oxygen atoms in total. The second-order valence-corrected chi connectivity index (χ2v) is 2.44. The Balaban J connectivity index is 3.70. The summed E-state index contributed by atoms with van der Waals surface area (Å²) < 4.78 is 8.92. The molecule has 0 aromatic heterocycles. The first-order valence-corrected chi connectivity index (χ1v) is 3.55. The van der Waals surface area contributed by atoms with Crippen LogP contribution < -0.4 is 0 Å². The lowest BCUT2D eigenvalue weighted by atomic mass is 10.6. The molecule has 0 atom stereocenters. The van der Waals surface area contributed by atoms with Gasteiger partial charge in [-0.1, -0.05) is 11.6 Å². The van der Waals surface area contributed by atoms with Crippen LogP contribution in [0.5, 0.6) is 0 Å². The van der Waals surface area contributed by atoms with Crippen LogP contribution in [0, 0.1) is 0 Å². The molecule has 0 aromatic rings. The van der Waals surface area contributed by atoms with Gasteiger partial charge in [-0.15, -0.1) is 0 Å². The fourth-order valence-electron chi connectivity index (χ4n) is 0.352. The minimum atomic E-state index is -0.476. The van der Waals surface area contributed by atoms with Crippen LogP contribution in [0.25, 0.3) is 0 Å². The van der Waals surface area contributed by atoms with E-state index in [1.165, 1.54) is 13.8 Å². The standard InChI is InChI=1S/C7H9ClO4/c1-5(9)11-3-7(8)4-12-6(2)10/h3H,4H2,1-2H3/b7-3+. The third-order valence-electron chi connectivity index (χ3n) is 0.766. The Kier molecular flexibility index (Phi) is 5.12. The molecule has 0 aliphatic rings. The van der Waals surface area contributed by atoms with Crippen LogP contribution in [0.1, 0.15) is 13.8 Å². The van der Waals surface area contributed by atoms with Crippen molar-refractivity contribution >= 4 is 23.5 Å². The van der Waals surface area contributed by atoms with Crippen molar-refractivity contribution in [2.45, 2.75) is 13.8 Å². The number of halogens is 1. The molecule has 0 fully saturated rings. The average molecular weight is 193 g/mol. The van der Waals surface area contributed by atoms with Crippen molar-refractivity contribution in [3.8, 4) is 0 Å². The lowest BCUT2D eigenvalue weighted by Crippen LogP contribution is -2.01. The highest BCUT2D eigenvalue weighted by atomic mass is 35.5. The SMILES string of the molecule is CC(=O)O/C=C(/Cl)COC(C)=O. The summed E-state index contributed by atoms with van der Waals surface area (Å²) in [6.45, 7) is 2.42. The maximum atomic E-state index is 10.3. The molecule has 0 aliphatic heterocycles. The molecule has 0 aromatic carbocycles. The summed E-state index contributed by atoms with van der Waals surface area (Å²) in [5.41, 5.74) is 0. The molecular formula is C7H9ClO4. The van der Waals surface area contributed by atoms with E-state index in [0.29, 0.717) is 0 Å². The third kappa shape index (κ3) is 7.08. The smallest absolute Gasteiger partial charge is 0.307 e. The summed E-state index contributed by atoms with van der Waals surface area (Å²) in [7, 11) is 0. The molecule has 0 spiro atoms. The number of esters is 2. The predicted octanol–water partition coefficient (Wildman–Crippen LogP) is 1.19. The van der Waals surface area contributed by atoms with Gasteiger partial charge in [0.1, 0.15) is 12.9 Å². The van der Waals surface area contributed by atoms with Crippen molar-refractivity contribution in [3.63, 3.8) is 0 Å². The second kappa shape index (κ2) is 5.60. The molecule has 0 bridgehead atoms. The van der Waals surface area contributed by atoms with Gasteiger partial charge in [-0.2, -0.15) is 0 Å². The van der Waals surface area contributed by atoms with Crippen LogP contribution in [-0.4, -0.2) is 18.5 Å². The molecule has 12 heavy (non-hydrogen) atoms. The summed E-state index contributed by atoms with van der Waals surface area (Å²) in [4.78, 5) is 20.5. The van der Waals surface area contributed by atoms with Crippen molar-refractivity contribution in [2.75, 3.05) is 6.61 Å². The molecule has 0 unspecified atom stereocenters. The van der Waals surface area contributed by atoms with Gasteiger partial charge < -0.3 is 9.47 Å². The molecule has 0 N–H and O–H groups in total. The Labute approximate surface area is 75.1 Å². The lowest BCUT2D eigenvalue weighted by molar-refractivity contribution is -0.139. The molecule has 0 saturated heterocycles. The Morgan fingerprint density at radius 3 is 2.33 bits per heavy atom. The summed E-state index contributed by atoms with van der Waals surface area (Å²) in [5, 5.41) is 0.153. The molecule has 0 heterocycles. The van der Waals surface area contributed by atoms with E-state index in [0.717, 1.165) is 6.26 Å². The predicted molar refractivity (Wildman–Crippen MR) is 42.3 cm³/mol. The maximum Gasteiger partial charge on any atom is 0.307 e. The van der Waals surface area contributed by atoms with E-state index in [-0.39, 0.29) is 11.6 Å². The largest absolute Gasteiger partial charge is 0.460 e. The van der Waals surface area contributed by atoms with E-state index < -0.39 is 11.9 Å². The fourth-order valence-corrected chi connectivity index (χ4v) is 0.451. The van der Waals surface area contributed by atoms with Crippen molar-refractivity contribution in [1.82, 2.24) is 0 Å². The molecule has 0 rings (SSSR count). The van der Waals surface area contributed by atoms with E-state index in [1.54, 1.807) is 0 Å². The first-order chi connectivity index (χ1) is 5.52. The third-order valence-corrected chi connectivity index (χ3v) is 0.964. The van der Waals surface area contributed by atoms with Gasteiger partial charge in [0, 0.05) is 13.8 Å². The normalized spacial score (nSPS) is 10.8. The Morgan fingerprint density at radius 2 is 1.92 bits per heavy atom.